The Labute approximate surface area is 101 Å². The largest absolute Gasteiger partial charge is 0.381 e. The molecular formula is C10H16N4O2S. The molecule has 0 radical (unpaired) electrons. The molecule has 0 saturated heterocycles. The molecule has 0 aliphatic rings. The lowest BCUT2D eigenvalue weighted by molar-refractivity contribution is 0.464. The fraction of sp³-hybridized carbons (Fsp3) is 0.500. The van der Waals surface area contributed by atoms with E-state index in [1.165, 1.54) is 8.99 Å². The van der Waals surface area contributed by atoms with Gasteiger partial charge in [-0.3, -0.25) is 4.68 Å². The topological polar surface area (TPSA) is 81.2 Å². The highest BCUT2D eigenvalue weighted by Crippen LogP contribution is 2.24. The normalized spacial score (nSPS) is 11.7. The molecule has 0 spiro atoms. The van der Waals surface area contributed by atoms with Gasteiger partial charge in [-0.2, -0.15) is 9.40 Å². The van der Waals surface area contributed by atoms with Crippen molar-refractivity contribution in [2.45, 2.75) is 18.7 Å². The summed E-state index contributed by atoms with van der Waals surface area (Å²) in [5.74, 6) is 2.32. The lowest BCUT2D eigenvalue weighted by Gasteiger charge is -2.17. The van der Waals surface area contributed by atoms with Crippen LogP contribution in [-0.4, -0.2) is 35.6 Å². The molecule has 1 aromatic rings. The number of aryl methyl sites for hydroxylation is 1. The first-order valence-electron chi connectivity index (χ1n) is 5.08. The molecule has 0 fully saturated rings. The summed E-state index contributed by atoms with van der Waals surface area (Å²) in [6.45, 7) is 3.68. The smallest absolute Gasteiger partial charge is 0.249 e. The van der Waals surface area contributed by atoms with Crippen LogP contribution in [0.4, 0.5) is 5.82 Å². The van der Waals surface area contributed by atoms with E-state index in [0.717, 1.165) is 0 Å². The van der Waals surface area contributed by atoms with Crippen LogP contribution in [0.15, 0.2) is 4.90 Å². The maximum Gasteiger partial charge on any atom is 0.249 e. The molecule has 0 amide bonds. The second-order valence-electron chi connectivity index (χ2n) is 3.56. The number of sulfonamides is 1. The van der Waals surface area contributed by atoms with E-state index in [9.17, 15) is 8.42 Å². The van der Waals surface area contributed by atoms with Gasteiger partial charge < -0.3 is 5.73 Å². The molecule has 17 heavy (non-hydrogen) atoms. The predicted octanol–water partition coefficient (Wildman–Crippen LogP) is -0.0455. The summed E-state index contributed by atoms with van der Waals surface area (Å²) in [6, 6.07) is 0. The summed E-state index contributed by atoms with van der Waals surface area (Å²) in [7, 11) is -2.03. The van der Waals surface area contributed by atoms with Gasteiger partial charge in [-0.15, -0.1) is 6.42 Å². The number of terminal acetylenes is 1. The van der Waals surface area contributed by atoms with Gasteiger partial charge >= 0.3 is 0 Å². The van der Waals surface area contributed by atoms with Gasteiger partial charge in [0.2, 0.25) is 10.0 Å². The summed E-state index contributed by atoms with van der Waals surface area (Å²) in [4.78, 5) is 0.0390. The molecule has 0 unspecified atom stereocenters. The maximum atomic E-state index is 12.3. The predicted molar refractivity (Wildman–Crippen MR) is 65.6 cm³/mol. The van der Waals surface area contributed by atoms with Crippen LogP contribution in [0.2, 0.25) is 0 Å². The van der Waals surface area contributed by atoms with Crippen molar-refractivity contribution in [3.8, 4) is 12.3 Å². The zero-order valence-corrected chi connectivity index (χ0v) is 11.0. The third kappa shape index (κ3) is 2.28. The molecule has 1 aromatic heterocycles. The number of hydrogen-bond donors (Lipinski definition) is 1. The lowest BCUT2D eigenvalue weighted by atomic mass is 10.5. The van der Waals surface area contributed by atoms with Gasteiger partial charge in [0.15, 0.2) is 5.82 Å². The van der Waals surface area contributed by atoms with Crippen LogP contribution in [0, 0.1) is 19.3 Å². The Morgan fingerprint density at radius 2 is 2.18 bits per heavy atom. The molecule has 2 N–H and O–H groups in total. The molecular weight excluding hydrogens is 240 g/mol. The quantitative estimate of drug-likeness (QED) is 0.766. The van der Waals surface area contributed by atoms with Gasteiger partial charge in [0, 0.05) is 13.6 Å². The molecule has 94 valence electrons. The van der Waals surface area contributed by atoms with E-state index in [1.807, 2.05) is 0 Å². The minimum Gasteiger partial charge on any atom is -0.381 e. The number of rotatable bonds is 4. The Hall–Kier alpha value is -1.52. The van der Waals surface area contributed by atoms with Gasteiger partial charge in [-0.05, 0) is 6.92 Å². The standard InChI is InChI=1S/C10H16N4O2S/c1-5-7-14(6-2)17(15,16)9-8(3)13(4)12-10(9)11/h1H,6-7H2,2-4H3,(H2,11,12). The van der Waals surface area contributed by atoms with Crippen LogP contribution in [0.5, 0.6) is 0 Å². The third-order valence-corrected chi connectivity index (χ3v) is 4.61. The minimum absolute atomic E-state index is 0.000437. The third-order valence-electron chi connectivity index (χ3n) is 2.52. The van der Waals surface area contributed by atoms with Crippen LogP contribution in [0.3, 0.4) is 0 Å². The van der Waals surface area contributed by atoms with Crippen LogP contribution in [0.1, 0.15) is 12.6 Å². The summed E-state index contributed by atoms with van der Waals surface area (Å²) in [5, 5.41) is 3.89. The van der Waals surface area contributed by atoms with E-state index in [0.29, 0.717) is 12.2 Å². The van der Waals surface area contributed by atoms with E-state index in [-0.39, 0.29) is 17.3 Å². The van der Waals surface area contributed by atoms with Crippen molar-refractivity contribution < 1.29 is 8.42 Å². The average Bonchev–Trinajstić information content (AvgIpc) is 2.49. The Morgan fingerprint density at radius 1 is 1.59 bits per heavy atom. The first-order valence-corrected chi connectivity index (χ1v) is 6.52. The van der Waals surface area contributed by atoms with Crippen LogP contribution < -0.4 is 5.73 Å². The van der Waals surface area contributed by atoms with E-state index in [4.69, 9.17) is 12.2 Å². The Bertz CT molecular complexity index is 554. The van der Waals surface area contributed by atoms with Crippen molar-refractivity contribution in [1.82, 2.24) is 14.1 Å². The summed E-state index contributed by atoms with van der Waals surface area (Å²) < 4.78 is 27.2. The highest BCUT2D eigenvalue weighted by molar-refractivity contribution is 7.89. The fourth-order valence-corrected chi connectivity index (χ4v) is 3.18. The SMILES string of the molecule is C#CCN(CC)S(=O)(=O)c1c(N)nn(C)c1C. The Kier molecular flexibility index (Phi) is 3.80. The van der Waals surface area contributed by atoms with Gasteiger partial charge in [0.1, 0.15) is 4.90 Å². The maximum absolute atomic E-state index is 12.3. The monoisotopic (exact) mass is 256 g/mol. The van der Waals surface area contributed by atoms with E-state index in [2.05, 4.69) is 11.0 Å². The van der Waals surface area contributed by atoms with Crippen molar-refractivity contribution in [2.75, 3.05) is 18.8 Å². The van der Waals surface area contributed by atoms with Gasteiger partial charge in [-0.1, -0.05) is 12.8 Å². The number of nitrogens with zero attached hydrogens (tertiary/aromatic N) is 3. The zero-order valence-electron chi connectivity index (χ0n) is 10.1. The molecule has 0 aliphatic heterocycles. The Morgan fingerprint density at radius 3 is 2.53 bits per heavy atom. The molecule has 1 rings (SSSR count). The fourth-order valence-electron chi connectivity index (χ4n) is 1.53. The van der Waals surface area contributed by atoms with Crippen LogP contribution in [0.25, 0.3) is 0 Å². The van der Waals surface area contributed by atoms with Crippen molar-refractivity contribution in [3.05, 3.63) is 5.69 Å². The first-order chi connectivity index (χ1) is 7.86. The molecule has 0 bridgehead atoms. The lowest BCUT2D eigenvalue weighted by Crippen LogP contribution is -2.32. The van der Waals surface area contributed by atoms with Crippen LogP contribution >= 0.6 is 0 Å². The van der Waals surface area contributed by atoms with E-state index >= 15 is 0 Å². The Balaban J connectivity index is 3.36. The van der Waals surface area contributed by atoms with Gasteiger partial charge in [-0.25, -0.2) is 8.42 Å². The van der Waals surface area contributed by atoms with E-state index < -0.39 is 10.0 Å². The molecule has 0 aromatic carbocycles. The zero-order chi connectivity index (χ0) is 13.2. The van der Waals surface area contributed by atoms with E-state index in [1.54, 1.807) is 20.9 Å². The molecule has 1 heterocycles. The highest BCUT2D eigenvalue weighted by atomic mass is 32.2. The second kappa shape index (κ2) is 4.77. The molecule has 0 aliphatic carbocycles. The number of aromatic nitrogens is 2. The minimum atomic E-state index is -3.67. The number of hydrogen-bond acceptors (Lipinski definition) is 4. The van der Waals surface area contributed by atoms with Gasteiger partial charge in [0.05, 0.1) is 12.2 Å². The number of nitrogens with two attached hydrogens (primary N) is 1. The number of nitrogen functional groups attached to an aromatic ring is 1. The van der Waals surface area contributed by atoms with Crippen molar-refractivity contribution in [3.63, 3.8) is 0 Å². The molecule has 7 heteroatoms. The summed E-state index contributed by atoms with van der Waals surface area (Å²) >= 11 is 0. The molecule has 0 saturated carbocycles. The van der Waals surface area contributed by atoms with Crippen molar-refractivity contribution in [1.29, 1.82) is 0 Å². The molecule has 0 atom stereocenters. The molecule has 6 nitrogen and oxygen atoms in total. The van der Waals surface area contributed by atoms with Crippen molar-refractivity contribution >= 4 is 15.8 Å². The average molecular weight is 256 g/mol. The van der Waals surface area contributed by atoms with Crippen molar-refractivity contribution in [2.24, 2.45) is 7.05 Å². The highest BCUT2D eigenvalue weighted by Gasteiger charge is 2.29. The summed E-state index contributed by atoms with van der Waals surface area (Å²) in [5.41, 5.74) is 6.13. The van der Waals surface area contributed by atoms with Crippen LogP contribution in [-0.2, 0) is 17.1 Å². The number of anilines is 1. The van der Waals surface area contributed by atoms with Gasteiger partial charge in [0.25, 0.3) is 0 Å². The summed E-state index contributed by atoms with van der Waals surface area (Å²) in [6.07, 6.45) is 5.15. The first kappa shape index (κ1) is 13.5. The second-order valence-corrected chi connectivity index (χ2v) is 5.43.